The summed E-state index contributed by atoms with van der Waals surface area (Å²) in [7, 11) is 0. The van der Waals surface area contributed by atoms with E-state index in [-0.39, 0.29) is 11.1 Å². The molecular formula is C9H9BrFNO2. The fourth-order valence-electron chi connectivity index (χ4n) is 0.997. The number of halogens is 2. The van der Waals surface area contributed by atoms with Crippen molar-refractivity contribution < 1.29 is 14.7 Å². The van der Waals surface area contributed by atoms with Gasteiger partial charge in [0.1, 0.15) is 5.82 Å². The van der Waals surface area contributed by atoms with Crippen molar-refractivity contribution in [2.45, 2.75) is 0 Å². The van der Waals surface area contributed by atoms with Gasteiger partial charge in [0, 0.05) is 5.56 Å². The molecule has 1 aromatic carbocycles. The van der Waals surface area contributed by atoms with Crippen molar-refractivity contribution in [2.24, 2.45) is 0 Å². The van der Waals surface area contributed by atoms with Crippen LogP contribution in [0.2, 0.25) is 0 Å². The van der Waals surface area contributed by atoms with Crippen LogP contribution in [-0.4, -0.2) is 16.9 Å². The summed E-state index contributed by atoms with van der Waals surface area (Å²) in [5.74, 6) is -0.429. The number of benzene rings is 1. The van der Waals surface area contributed by atoms with Gasteiger partial charge in [-0.05, 0) is 28.1 Å². The molecule has 0 aliphatic rings. The van der Waals surface area contributed by atoms with Crippen molar-refractivity contribution in [3.05, 3.63) is 34.1 Å². The van der Waals surface area contributed by atoms with Crippen LogP contribution in [0.4, 0.5) is 10.1 Å². The molecule has 0 saturated heterocycles. The van der Waals surface area contributed by atoms with E-state index >= 15 is 0 Å². The van der Waals surface area contributed by atoms with E-state index in [9.17, 15) is 4.39 Å². The van der Waals surface area contributed by atoms with Crippen molar-refractivity contribution in [1.29, 1.82) is 0 Å². The van der Waals surface area contributed by atoms with Gasteiger partial charge in [-0.3, -0.25) is 10.7 Å². The van der Waals surface area contributed by atoms with Crippen molar-refractivity contribution in [3.8, 4) is 0 Å². The molecule has 0 atom stereocenters. The fourth-order valence-corrected chi connectivity index (χ4v) is 1.48. The van der Waals surface area contributed by atoms with Gasteiger partial charge in [0.25, 0.3) is 0 Å². The maximum Gasteiger partial charge on any atom is 0.138 e. The van der Waals surface area contributed by atoms with Gasteiger partial charge in [-0.15, -0.1) is 0 Å². The van der Waals surface area contributed by atoms with E-state index in [0.29, 0.717) is 11.3 Å². The highest BCUT2D eigenvalue weighted by atomic mass is 79.9. The van der Waals surface area contributed by atoms with Crippen LogP contribution >= 0.6 is 15.9 Å². The second-order valence-electron chi connectivity index (χ2n) is 2.52. The number of nitrogens with one attached hydrogen (secondary N) is 1. The molecule has 0 radical (unpaired) electrons. The first kappa shape index (κ1) is 11.2. The van der Waals surface area contributed by atoms with Gasteiger partial charge in [-0.25, -0.2) is 4.39 Å². The molecule has 0 unspecified atom stereocenters. The summed E-state index contributed by atoms with van der Waals surface area (Å²) in [4.78, 5) is 0. The standard InChI is InChI=1S/C9H9BrFNO2/c10-9-6(2-1-5-13)8(12-14)4-3-7(9)11/h1-4,12-14H,5H2/b2-1-. The lowest BCUT2D eigenvalue weighted by Gasteiger charge is -2.06. The minimum Gasteiger partial charge on any atom is -0.392 e. The topological polar surface area (TPSA) is 52.5 Å². The van der Waals surface area contributed by atoms with E-state index in [0.717, 1.165) is 0 Å². The zero-order chi connectivity index (χ0) is 10.6. The van der Waals surface area contributed by atoms with Gasteiger partial charge in [-0.2, -0.15) is 0 Å². The van der Waals surface area contributed by atoms with Crippen LogP contribution in [0, 0.1) is 5.82 Å². The Hall–Kier alpha value is -0.910. The molecule has 0 heterocycles. The zero-order valence-electron chi connectivity index (χ0n) is 7.17. The summed E-state index contributed by atoms with van der Waals surface area (Å²) in [6.45, 7) is -0.145. The van der Waals surface area contributed by atoms with Crippen LogP contribution < -0.4 is 5.48 Å². The average Bonchev–Trinajstić information content (AvgIpc) is 2.20. The molecule has 3 N–H and O–H groups in total. The fraction of sp³-hybridized carbons (Fsp3) is 0.111. The minimum absolute atomic E-state index is 0.145. The van der Waals surface area contributed by atoms with Gasteiger partial charge in [-0.1, -0.05) is 12.2 Å². The second kappa shape index (κ2) is 5.09. The van der Waals surface area contributed by atoms with E-state index in [1.807, 2.05) is 5.48 Å². The zero-order valence-corrected chi connectivity index (χ0v) is 8.75. The Bertz CT molecular complexity index is 355. The summed E-state index contributed by atoms with van der Waals surface area (Å²) in [6, 6.07) is 2.62. The summed E-state index contributed by atoms with van der Waals surface area (Å²) < 4.78 is 13.3. The number of rotatable bonds is 3. The van der Waals surface area contributed by atoms with Gasteiger partial charge >= 0.3 is 0 Å². The molecule has 3 nitrogen and oxygen atoms in total. The van der Waals surface area contributed by atoms with Gasteiger partial charge < -0.3 is 5.11 Å². The van der Waals surface area contributed by atoms with Crippen LogP contribution in [-0.2, 0) is 0 Å². The molecule has 14 heavy (non-hydrogen) atoms. The van der Waals surface area contributed by atoms with Crippen LogP contribution in [0.15, 0.2) is 22.7 Å². The molecule has 0 aliphatic heterocycles. The largest absolute Gasteiger partial charge is 0.392 e. The Morgan fingerprint density at radius 3 is 2.79 bits per heavy atom. The number of hydrogen-bond donors (Lipinski definition) is 3. The highest BCUT2D eigenvalue weighted by Crippen LogP contribution is 2.28. The summed E-state index contributed by atoms with van der Waals surface area (Å²) >= 11 is 3.04. The third kappa shape index (κ3) is 2.31. The van der Waals surface area contributed by atoms with Crippen molar-refractivity contribution >= 4 is 27.7 Å². The van der Waals surface area contributed by atoms with Crippen molar-refractivity contribution in [3.63, 3.8) is 0 Å². The van der Waals surface area contributed by atoms with Crippen molar-refractivity contribution in [2.75, 3.05) is 12.1 Å². The molecular weight excluding hydrogens is 253 g/mol. The number of hydrogen-bond acceptors (Lipinski definition) is 3. The second-order valence-corrected chi connectivity index (χ2v) is 3.31. The van der Waals surface area contributed by atoms with E-state index in [1.165, 1.54) is 24.3 Å². The number of aliphatic hydroxyl groups excluding tert-OH is 1. The van der Waals surface area contributed by atoms with Crippen LogP contribution in [0.3, 0.4) is 0 Å². The molecule has 0 aromatic heterocycles. The number of anilines is 1. The van der Waals surface area contributed by atoms with Crippen LogP contribution in [0.5, 0.6) is 0 Å². The quantitative estimate of drug-likeness (QED) is 0.733. The Kier molecular flexibility index (Phi) is 4.06. The highest BCUT2D eigenvalue weighted by Gasteiger charge is 2.07. The molecule has 0 fully saturated rings. The number of aliphatic hydroxyl groups is 1. The molecule has 0 saturated carbocycles. The van der Waals surface area contributed by atoms with Gasteiger partial charge in [0.05, 0.1) is 16.8 Å². The predicted octanol–water partition coefficient (Wildman–Crippen LogP) is 2.39. The molecule has 0 bridgehead atoms. The molecule has 5 heteroatoms. The first-order chi connectivity index (χ1) is 6.70. The Balaban J connectivity index is 3.21. The maximum absolute atomic E-state index is 13.1. The van der Waals surface area contributed by atoms with E-state index in [1.54, 1.807) is 0 Å². The third-order valence-electron chi connectivity index (χ3n) is 1.64. The molecule has 1 aromatic rings. The third-order valence-corrected chi connectivity index (χ3v) is 2.45. The molecule has 0 spiro atoms. The maximum atomic E-state index is 13.1. The van der Waals surface area contributed by atoms with Crippen molar-refractivity contribution in [1.82, 2.24) is 0 Å². The molecule has 76 valence electrons. The predicted molar refractivity (Wildman–Crippen MR) is 55.6 cm³/mol. The lowest BCUT2D eigenvalue weighted by molar-refractivity contribution is 0.343. The van der Waals surface area contributed by atoms with Crippen LogP contribution in [0.25, 0.3) is 6.08 Å². The Morgan fingerprint density at radius 1 is 1.50 bits per heavy atom. The summed E-state index contributed by atoms with van der Waals surface area (Å²) in [6.07, 6.45) is 2.95. The van der Waals surface area contributed by atoms with Gasteiger partial charge in [0.2, 0.25) is 0 Å². The molecule has 0 amide bonds. The van der Waals surface area contributed by atoms with E-state index in [2.05, 4.69) is 15.9 Å². The SMILES string of the molecule is OC/C=C\c1c(NO)ccc(F)c1Br. The lowest BCUT2D eigenvalue weighted by Crippen LogP contribution is -1.95. The highest BCUT2D eigenvalue weighted by molar-refractivity contribution is 9.10. The molecule has 0 aliphatic carbocycles. The summed E-state index contributed by atoms with van der Waals surface area (Å²) in [5.41, 5.74) is 2.75. The Labute approximate surface area is 89.0 Å². The normalized spacial score (nSPS) is 10.9. The van der Waals surface area contributed by atoms with Crippen LogP contribution in [0.1, 0.15) is 5.56 Å². The monoisotopic (exact) mass is 261 g/mol. The van der Waals surface area contributed by atoms with E-state index < -0.39 is 5.82 Å². The summed E-state index contributed by atoms with van der Waals surface area (Å²) in [5, 5.41) is 17.3. The lowest BCUT2D eigenvalue weighted by atomic mass is 10.1. The smallest absolute Gasteiger partial charge is 0.138 e. The average molecular weight is 262 g/mol. The first-order valence-electron chi connectivity index (χ1n) is 3.86. The van der Waals surface area contributed by atoms with E-state index in [4.69, 9.17) is 10.3 Å². The minimum atomic E-state index is -0.429. The first-order valence-corrected chi connectivity index (χ1v) is 4.65. The molecule has 1 rings (SSSR count). The van der Waals surface area contributed by atoms with Gasteiger partial charge in [0.15, 0.2) is 0 Å². The Morgan fingerprint density at radius 2 is 2.21 bits per heavy atom.